The lowest BCUT2D eigenvalue weighted by molar-refractivity contribution is -0.128. The average molecular weight is 903 g/mol. The highest BCUT2D eigenvalue weighted by atomic mass is 16.6. The van der Waals surface area contributed by atoms with Gasteiger partial charge in [0, 0.05) is 39.3 Å². The van der Waals surface area contributed by atoms with Gasteiger partial charge in [0.2, 0.25) is 29.5 Å². The van der Waals surface area contributed by atoms with Crippen LogP contribution in [0, 0.1) is 0 Å². The van der Waals surface area contributed by atoms with Crippen LogP contribution in [0.3, 0.4) is 0 Å². The Balaban J connectivity index is 3.38. The summed E-state index contributed by atoms with van der Waals surface area (Å²) in [5, 5.41) is 25.4. The second kappa shape index (κ2) is 47.3. The van der Waals surface area contributed by atoms with E-state index in [1.807, 2.05) is 7.05 Å². The first-order chi connectivity index (χ1) is 30.2. The molecule has 0 heterocycles. The summed E-state index contributed by atoms with van der Waals surface area (Å²) in [4.78, 5) is 59.0. The van der Waals surface area contributed by atoms with Gasteiger partial charge in [0.1, 0.15) is 33.0 Å². The van der Waals surface area contributed by atoms with E-state index in [0.29, 0.717) is 59.3 Å². The average Bonchev–Trinajstić information content (AvgIpc) is 3.25. The van der Waals surface area contributed by atoms with Gasteiger partial charge in [0.05, 0.1) is 132 Å². The molecule has 24 nitrogen and oxygen atoms in total. The summed E-state index contributed by atoms with van der Waals surface area (Å²) in [5.74, 6) is -1.43. The second-order valence-corrected chi connectivity index (χ2v) is 12.7. The van der Waals surface area contributed by atoms with Crippen molar-refractivity contribution in [2.75, 3.05) is 205 Å². The number of carbonyl (C=O) groups is 5. The van der Waals surface area contributed by atoms with Crippen molar-refractivity contribution in [2.24, 2.45) is 0 Å². The number of aliphatic hydroxyl groups is 1. The largest absolute Gasteiger partial charge is 0.391 e. The Morgan fingerprint density at radius 3 is 0.774 bits per heavy atom. The van der Waals surface area contributed by atoms with Crippen molar-refractivity contribution < 1.29 is 85.9 Å². The molecule has 0 aromatic rings. The van der Waals surface area contributed by atoms with Gasteiger partial charge in [-0.1, -0.05) is 0 Å². The zero-order chi connectivity index (χ0) is 45.4. The molecular weight excluding hydrogens is 828 g/mol. The lowest BCUT2D eigenvalue weighted by atomic mass is 10.4. The molecule has 0 aliphatic rings. The van der Waals surface area contributed by atoms with Crippen molar-refractivity contribution in [1.82, 2.24) is 31.9 Å². The van der Waals surface area contributed by atoms with Crippen LogP contribution in [-0.4, -0.2) is 246 Å². The van der Waals surface area contributed by atoms with Gasteiger partial charge in [0.15, 0.2) is 0 Å². The van der Waals surface area contributed by atoms with E-state index in [2.05, 4.69) is 31.9 Å². The van der Waals surface area contributed by atoms with Crippen molar-refractivity contribution in [3.05, 3.63) is 0 Å². The van der Waals surface area contributed by atoms with Gasteiger partial charge in [-0.05, 0) is 14.0 Å². The Bertz CT molecular complexity index is 1080. The molecule has 0 saturated heterocycles. The lowest BCUT2D eigenvalue weighted by Crippen LogP contribution is -2.32. The molecule has 0 aliphatic heterocycles. The van der Waals surface area contributed by atoms with Crippen LogP contribution >= 0.6 is 0 Å². The summed E-state index contributed by atoms with van der Waals surface area (Å²) >= 11 is 0. The summed E-state index contributed by atoms with van der Waals surface area (Å²) < 4.78 is 63.5. The molecular formula is C38H74N6O18. The maximum Gasteiger partial charge on any atom is 0.246 e. The molecule has 0 rings (SSSR count). The minimum absolute atomic E-state index is 0.0483. The quantitative estimate of drug-likeness (QED) is 0.0283. The first kappa shape index (κ1) is 58.8. The number of amides is 5. The highest BCUT2D eigenvalue weighted by molar-refractivity contribution is 5.78. The maximum atomic E-state index is 11.9. The third-order valence-electron chi connectivity index (χ3n) is 7.10. The second-order valence-electron chi connectivity index (χ2n) is 12.7. The number of likely N-dealkylation sites (N-methyl/N-ethyl adjacent to an activating group) is 1. The Hall–Kier alpha value is -3.21. The van der Waals surface area contributed by atoms with Crippen LogP contribution in [0.1, 0.15) is 6.92 Å². The molecule has 364 valence electrons. The van der Waals surface area contributed by atoms with Crippen molar-refractivity contribution in [3.8, 4) is 0 Å². The molecule has 5 amide bonds. The van der Waals surface area contributed by atoms with Gasteiger partial charge in [-0.25, -0.2) is 0 Å². The predicted octanol–water partition coefficient (Wildman–Crippen LogP) is -4.63. The van der Waals surface area contributed by atoms with Crippen molar-refractivity contribution in [2.45, 2.75) is 13.0 Å². The van der Waals surface area contributed by atoms with Gasteiger partial charge >= 0.3 is 0 Å². The van der Waals surface area contributed by atoms with E-state index in [1.165, 1.54) is 0 Å². The number of ether oxygens (including phenoxy) is 12. The molecule has 1 unspecified atom stereocenters. The molecule has 7 N–H and O–H groups in total. The number of carbonyl (C=O) groups excluding carboxylic acids is 5. The first-order valence-corrected chi connectivity index (χ1v) is 20.8. The smallest absolute Gasteiger partial charge is 0.246 e. The van der Waals surface area contributed by atoms with Crippen LogP contribution in [0.5, 0.6) is 0 Å². The van der Waals surface area contributed by atoms with E-state index < -0.39 is 6.10 Å². The SMILES string of the molecule is CNCCOCCOCC(=O)NCCOCCOCC(=O)NCCOCCOCC(=O)NCCOCCOCC(=O)NCCOCCOCC(=O)NCCOCCOCC(C)O. The minimum Gasteiger partial charge on any atom is -0.391 e. The molecule has 0 spiro atoms. The summed E-state index contributed by atoms with van der Waals surface area (Å²) in [5.41, 5.74) is 0. The Labute approximate surface area is 365 Å². The van der Waals surface area contributed by atoms with E-state index in [0.717, 1.165) is 6.54 Å². The molecule has 0 aliphatic carbocycles. The Morgan fingerprint density at radius 2 is 0.548 bits per heavy atom. The van der Waals surface area contributed by atoms with Gasteiger partial charge in [-0.2, -0.15) is 0 Å². The van der Waals surface area contributed by atoms with Crippen LogP contribution < -0.4 is 31.9 Å². The van der Waals surface area contributed by atoms with Gasteiger partial charge in [-0.3, -0.25) is 24.0 Å². The van der Waals surface area contributed by atoms with Gasteiger partial charge in [0.25, 0.3) is 0 Å². The van der Waals surface area contributed by atoms with E-state index in [4.69, 9.17) is 61.9 Å². The molecule has 0 aromatic carbocycles. The van der Waals surface area contributed by atoms with Crippen LogP contribution in [0.15, 0.2) is 0 Å². The van der Waals surface area contributed by atoms with Gasteiger partial charge < -0.3 is 93.8 Å². The summed E-state index contributed by atoms with van der Waals surface area (Å²) in [6.07, 6.45) is -0.517. The van der Waals surface area contributed by atoms with Crippen molar-refractivity contribution in [1.29, 1.82) is 0 Å². The van der Waals surface area contributed by atoms with Crippen LogP contribution in [0.4, 0.5) is 0 Å². The zero-order valence-corrected chi connectivity index (χ0v) is 36.7. The summed E-state index contributed by atoms with van der Waals surface area (Å²) in [6, 6.07) is 0. The van der Waals surface area contributed by atoms with Crippen LogP contribution in [-0.2, 0) is 80.8 Å². The van der Waals surface area contributed by atoms with Crippen molar-refractivity contribution >= 4 is 29.5 Å². The monoisotopic (exact) mass is 903 g/mol. The predicted molar refractivity (Wildman–Crippen MR) is 220 cm³/mol. The third-order valence-corrected chi connectivity index (χ3v) is 7.10. The molecule has 0 radical (unpaired) electrons. The van der Waals surface area contributed by atoms with E-state index >= 15 is 0 Å². The molecule has 0 bridgehead atoms. The van der Waals surface area contributed by atoms with Crippen LogP contribution in [0.2, 0.25) is 0 Å². The molecule has 24 heteroatoms. The number of rotatable bonds is 48. The number of hydrogen-bond donors (Lipinski definition) is 7. The molecule has 1 atom stereocenters. The number of hydrogen-bond acceptors (Lipinski definition) is 19. The third kappa shape index (κ3) is 47.8. The summed E-state index contributed by atoms with van der Waals surface area (Å²) in [6.45, 7) is 8.97. The Morgan fingerprint density at radius 1 is 0.339 bits per heavy atom. The highest BCUT2D eigenvalue weighted by Crippen LogP contribution is 1.87. The van der Waals surface area contributed by atoms with E-state index in [-0.39, 0.29) is 161 Å². The van der Waals surface area contributed by atoms with E-state index in [9.17, 15) is 24.0 Å². The van der Waals surface area contributed by atoms with Gasteiger partial charge in [-0.15, -0.1) is 0 Å². The maximum absolute atomic E-state index is 11.9. The minimum atomic E-state index is -0.517. The molecule has 0 fully saturated rings. The number of aliphatic hydroxyl groups excluding tert-OH is 1. The van der Waals surface area contributed by atoms with Crippen molar-refractivity contribution in [3.63, 3.8) is 0 Å². The standard InChI is InChI=1S/C38H74N6O18/c1-33(45)27-57-21-15-52-10-4-40-35(47)29-59-23-17-54-12-6-42-37(49)31-61-25-19-56-14-8-44-38(50)32-62-26-20-55-13-7-43-36(48)30-60-24-18-53-11-5-41-34(46)28-58-22-16-51-9-3-39-2/h33,39,45H,3-32H2,1-2H3,(H,40,47)(H,41,46)(H,42,49)(H,43,48)(H,44,50). The fourth-order valence-electron chi connectivity index (χ4n) is 4.14. The highest BCUT2D eigenvalue weighted by Gasteiger charge is 2.06. The van der Waals surface area contributed by atoms with E-state index in [1.54, 1.807) is 6.92 Å². The Kier molecular flexibility index (Phi) is 44.8. The molecule has 0 saturated carbocycles. The molecule has 62 heavy (non-hydrogen) atoms. The first-order valence-electron chi connectivity index (χ1n) is 20.8. The number of nitrogens with one attached hydrogen (secondary N) is 6. The van der Waals surface area contributed by atoms with Crippen LogP contribution in [0.25, 0.3) is 0 Å². The summed E-state index contributed by atoms with van der Waals surface area (Å²) in [7, 11) is 1.84. The topological polar surface area (TPSA) is 289 Å². The normalized spacial score (nSPS) is 11.6. The fourth-order valence-corrected chi connectivity index (χ4v) is 4.14. The zero-order valence-electron chi connectivity index (χ0n) is 36.7. The molecule has 0 aromatic heterocycles. The fraction of sp³-hybridized carbons (Fsp3) is 0.868. The lowest BCUT2D eigenvalue weighted by Gasteiger charge is -2.10.